The Hall–Kier alpha value is -2.19. The third kappa shape index (κ3) is 4.21. The largest absolute Gasteiger partial charge is 0.367 e. The molecule has 8 heteroatoms. The molecule has 2 unspecified atom stereocenters. The quantitative estimate of drug-likeness (QED) is 0.566. The lowest BCUT2D eigenvalue weighted by molar-refractivity contribution is -0.123. The molecule has 1 aliphatic heterocycles. The molecule has 3 rings (SSSR count). The summed E-state index contributed by atoms with van der Waals surface area (Å²) in [5.41, 5.74) is 10.2. The topological polar surface area (TPSA) is 77.2 Å². The maximum Gasteiger partial charge on any atom is 0.242 e. The molecule has 126 valence electrons. The summed E-state index contributed by atoms with van der Waals surface area (Å²) in [6, 6.07) is 12.7. The number of benzene rings is 2. The van der Waals surface area contributed by atoms with Crippen LogP contribution in [0.4, 0.5) is 10.1 Å². The molecule has 0 saturated carbocycles. The lowest BCUT2D eigenvalue weighted by Gasteiger charge is -2.20. The third-order valence-electron chi connectivity index (χ3n) is 3.62. The average Bonchev–Trinajstić information content (AvgIpc) is 3.04. The van der Waals surface area contributed by atoms with Crippen LogP contribution in [0.3, 0.4) is 0 Å². The van der Waals surface area contributed by atoms with Gasteiger partial charge < -0.3 is 10.6 Å². The predicted molar refractivity (Wildman–Crippen MR) is 90.3 cm³/mol. The highest BCUT2D eigenvalue weighted by atomic mass is 35.5. The van der Waals surface area contributed by atoms with Gasteiger partial charge in [-0.3, -0.25) is 4.79 Å². The molecular weight excluding hydrogens is 333 g/mol. The summed E-state index contributed by atoms with van der Waals surface area (Å²) in [6.45, 7) is 0.324. The summed E-state index contributed by atoms with van der Waals surface area (Å²) >= 11 is 5.86. The maximum absolute atomic E-state index is 12.9. The number of amides is 1. The number of anilines is 1. The van der Waals surface area contributed by atoms with E-state index in [1.54, 1.807) is 24.3 Å². The van der Waals surface area contributed by atoms with Crippen LogP contribution < -0.4 is 27.0 Å². The number of rotatable bonds is 5. The molecule has 1 amide bonds. The van der Waals surface area contributed by atoms with E-state index in [-0.39, 0.29) is 17.9 Å². The van der Waals surface area contributed by atoms with Crippen molar-refractivity contribution in [1.82, 2.24) is 21.7 Å². The van der Waals surface area contributed by atoms with Crippen molar-refractivity contribution in [2.45, 2.75) is 18.8 Å². The van der Waals surface area contributed by atoms with E-state index in [4.69, 9.17) is 11.6 Å². The summed E-state index contributed by atoms with van der Waals surface area (Å²) in [5.74, 6) is -0.494. The molecule has 2 aromatic carbocycles. The first-order chi connectivity index (χ1) is 11.6. The molecule has 0 spiro atoms. The van der Waals surface area contributed by atoms with Gasteiger partial charge in [-0.2, -0.15) is 5.53 Å². The fourth-order valence-electron chi connectivity index (χ4n) is 2.33. The first-order valence-corrected chi connectivity index (χ1v) is 7.80. The summed E-state index contributed by atoms with van der Waals surface area (Å²) < 4.78 is 12.9. The Labute approximate surface area is 143 Å². The van der Waals surface area contributed by atoms with Crippen LogP contribution in [0.25, 0.3) is 0 Å². The first-order valence-electron chi connectivity index (χ1n) is 7.42. The monoisotopic (exact) mass is 349 g/mol. The smallest absolute Gasteiger partial charge is 0.242 e. The van der Waals surface area contributed by atoms with Crippen molar-refractivity contribution in [1.29, 1.82) is 0 Å². The van der Waals surface area contributed by atoms with Crippen molar-refractivity contribution in [2.75, 3.05) is 5.32 Å². The Morgan fingerprint density at radius 2 is 1.79 bits per heavy atom. The average molecular weight is 350 g/mol. The van der Waals surface area contributed by atoms with Gasteiger partial charge in [0.25, 0.3) is 0 Å². The summed E-state index contributed by atoms with van der Waals surface area (Å²) in [7, 11) is 0. The molecule has 2 aromatic rings. The lowest BCUT2D eigenvalue weighted by Crippen LogP contribution is -2.50. The van der Waals surface area contributed by atoms with Gasteiger partial charge in [0.2, 0.25) is 5.91 Å². The molecule has 24 heavy (non-hydrogen) atoms. The van der Waals surface area contributed by atoms with Gasteiger partial charge in [-0.1, -0.05) is 23.7 Å². The molecule has 1 saturated heterocycles. The second kappa shape index (κ2) is 7.59. The van der Waals surface area contributed by atoms with Gasteiger partial charge in [-0.05, 0) is 42.0 Å². The zero-order chi connectivity index (χ0) is 16.9. The van der Waals surface area contributed by atoms with E-state index in [1.165, 1.54) is 12.1 Å². The number of carbonyl (C=O) groups is 1. The number of carbonyl (C=O) groups excluding carboxylic acids is 1. The molecule has 1 heterocycles. The van der Waals surface area contributed by atoms with Gasteiger partial charge in [-0.25, -0.2) is 15.2 Å². The van der Waals surface area contributed by atoms with E-state index in [1.807, 2.05) is 12.1 Å². The van der Waals surface area contributed by atoms with E-state index >= 15 is 0 Å². The molecule has 5 N–H and O–H groups in total. The van der Waals surface area contributed by atoms with Gasteiger partial charge in [0.1, 0.15) is 18.0 Å². The highest BCUT2D eigenvalue weighted by molar-refractivity contribution is 6.30. The molecule has 0 aromatic heterocycles. The molecule has 0 radical (unpaired) electrons. The molecule has 2 atom stereocenters. The highest BCUT2D eigenvalue weighted by Gasteiger charge is 2.32. The zero-order valence-corrected chi connectivity index (χ0v) is 13.4. The molecular formula is C16H17ClFN5O. The van der Waals surface area contributed by atoms with Gasteiger partial charge in [-0.15, -0.1) is 0 Å². The fourth-order valence-corrected chi connectivity index (χ4v) is 2.45. The van der Waals surface area contributed by atoms with Crippen molar-refractivity contribution in [3.63, 3.8) is 0 Å². The minimum atomic E-state index is -0.527. The zero-order valence-electron chi connectivity index (χ0n) is 12.6. The van der Waals surface area contributed by atoms with E-state index < -0.39 is 6.04 Å². The Bertz CT molecular complexity index is 695. The SMILES string of the molecule is O=C(NCc1ccc(F)cc1)C1NNNC1Nc1ccc(Cl)cc1. The van der Waals surface area contributed by atoms with Crippen LogP contribution in [0.1, 0.15) is 5.56 Å². The lowest BCUT2D eigenvalue weighted by atomic mass is 10.2. The molecule has 6 nitrogen and oxygen atoms in total. The minimum Gasteiger partial charge on any atom is -0.367 e. The maximum atomic E-state index is 12.9. The molecule has 1 aliphatic rings. The standard InChI is InChI=1S/C16H17ClFN5O/c17-11-3-7-13(8-4-11)20-15-14(21-23-22-15)16(24)19-9-10-1-5-12(18)6-2-10/h1-8,14-15,20-23H,9H2,(H,19,24). The van der Waals surface area contributed by atoms with Crippen LogP contribution in [0.15, 0.2) is 48.5 Å². The van der Waals surface area contributed by atoms with Crippen LogP contribution in [-0.2, 0) is 11.3 Å². The number of hydrogen-bond donors (Lipinski definition) is 5. The van der Waals surface area contributed by atoms with Crippen molar-refractivity contribution in [2.24, 2.45) is 0 Å². The number of hydrazine groups is 2. The Kier molecular flexibility index (Phi) is 5.27. The highest BCUT2D eigenvalue weighted by Crippen LogP contribution is 2.15. The Balaban J connectivity index is 1.56. The van der Waals surface area contributed by atoms with E-state index in [0.29, 0.717) is 11.6 Å². The third-order valence-corrected chi connectivity index (χ3v) is 3.87. The van der Waals surface area contributed by atoms with E-state index in [2.05, 4.69) is 27.0 Å². The van der Waals surface area contributed by atoms with Gasteiger partial charge >= 0.3 is 0 Å². The van der Waals surface area contributed by atoms with Gasteiger partial charge in [0, 0.05) is 17.3 Å². The van der Waals surface area contributed by atoms with Crippen LogP contribution in [0.5, 0.6) is 0 Å². The second-order valence-corrected chi connectivity index (χ2v) is 5.80. The van der Waals surface area contributed by atoms with E-state index in [0.717, 1.165) is 11.3 Å². The normalized spacial score (nSPS) is 19.9. The van der Waals surface area contributed by atoms with Crippen LogP contribution in [0, 0.1) is 5.82 Å². The minimum absolute atomic E-state index is 0.191. The van der Waals surface area contributed by atoms with Crippen molar-refractivity contribution in [3.8, 4) is 0 Å². The summed E-state index contributed by atoms with van der Waals surface area (Å²) in [4.78, 5) is 12.4. The fraction of sp³-hybridized carbons (Fsp3) is 0.188. The molecule has 0 bridgehead atoms. The number of hydrogen-bond acceptors (Lipinski definition) is 5. The molecule has 1 fully saturated rings. The predicted octanol–water partition coefficient (Wildman–Crippen LogP) is 1.51. The van der Waals surface area contributed by atoms with Crippen molar-refractivity contribution in [3.05, 3.63) is 64.9 Å². The number of halogens is 2. The van der Waals surface area contributed by atoms with E-state index in [9.17, 15) is 9.18 Å². The Morgan fingerprint density at radius 3 is 2.50 bits per heavy atom. The summed E-state index contributed by atoms with van der Waals surface area (Å²) in [6.07, 6.45) is -0.348. The number of nitrogens with one attached hydrogen (secondary N) is 5. The molecule has 0 aliphatic carbocycles. The van der Waals surface area contributed by atoms with Crippen LogP contribution in [-0.4, -0.2) is 18.1 Å². The Morgan fingerprint density at radius 1 is 1.08 bits per heavy atom. The second-order valence-electron chi connectivity index (χ2n) is 5.36. The van der Waals surface area contributed by atoms with Crippen molar-refractivity contribution < 1.29 is 9.18 Å². The van der Waals surface area contributed by atoms with Crippen LogP contribution in [0.2, 0.25) is 5.02 Å². The first kappa shape index (κ1) is 16.7. The van der Waals surface area contributed by atoms with Gasteiger partial charge in [0.15, 0.2) is 0 Å². The van der Waals surface area contributed by atoms with Crippen LogP contribution >= 0.6 is 11.6 Å². The van der Waals surface area contributed by atoms with Crippen molar-refractivity contribution >= 4 is 23.2 Å². The summed E-state index contributed by atoms with van der Waals surface area (Å²) in [5, 5.41) is 6.66. The van der Waals surface area contributed by atoms with Gasteiger partial charge in [0.05, 0.1) is 0 Å².